The third-order valence-electron chi connectivity index (χ3n) is 16.6. The average Bonchev–Trinajstić information content (AvgIpc) is 1.56. The fourth-order valence-corrected chi connectivity index (χ4v) is 19.3. The molecule has 564 valence electrons. The first kappa shape index (κ1) is 79.8. The lowest BCUT2D eigenvalue weighted by atomic mass is 9.96. The van der Waals surface area contributed by atoms with Crippen molar-refractivity contribution in [1.82, 2.24) is 64.5 Å². The molecule has 0 unspecified atom stereocenters. The van der Waals surface area contributed by atoms with E-state index in [9.17, 15) is 43.2 Å². The van der Waals surface area contributed by atoms with Gasteiger partial charge in [0.15, 0.2) is 22.8 Å². The van der Waals surface area contributed by atoms with Crippen molar-refractivity contribution in [2.24, 2.45) is 5.73 Å². The fraction of sp³-hybridized carbons (Fsp3) is 0.0417. The number of fused-ring (bicyclic) bond motifs is 3. The van der Waals surface area contributed by atoms with Gasteiger partial charge < -0.3 is 43.0 Å². The molecule has 0 bridgehead atoms. The zero-order chi connectivity index (χ0) is 79.0. The number of carbonyl (C=O) groups excluding carboxylic acids is 5. The molecule has 15 aromatic heterocycles. The molecule has 112 heavy (non-hydrogen) atoms. The zero-order valence-corrected chi connectivity index (χ0v) is 69.0. The maximum Gasteiger partial charge on any atom is 0.277 e. The number of ketones is 1. The Balaban J connectivity index is 0.000000124. The number of hydrogen-bond acceptors (Lipinski definition) is 26. The Morgan fingerprint density at radius 1 is 0.420 bits per heavy atom. The van der Waals surface area contributed by atoms with Crippen LogP contribution in [-0.4, -0.2) is 78.0 Å². The summed E-state index contributed by atoms with van der Waals surface area (Å²) in [6.45, 7) is 0. The molecule has 0 aliphatic carbocycles. The lowest BCUT2D eigenvalue weighted by molar-refractivity contribution is 0.0938. The number of H-pyrrole nitrogens is 1. The molecular weight excluding hydrogens is 1810 g/mol. The van der Waals surface area contributed by atoms with Crippen molar-refractivity contribution >= 4 is 227 Å². The Morgan fingerprint density at radius 3 is 1.04 bits per heavy atom. The first-order valence-electron chi connectivity index (χ1n) is 31.8. The quantitative estimate of drug-likeness (QED) is 0.0497. The zero-order valence-electron chi connectivity index (χ0n) is 56.2. The Labute approximate surface area is 700 Å². The Morgan fingerprint density at radius 2 is 0.750 bits per heavy atom. The van der Waals surface area contributed by atoms with Crippen LogP contribution in [0.2, 0.25) is 20.1 Å². The summed E-state index contributed by atoms with van der Waals surface area (Å²) in [6, 6.07) is 25.7. The van der Waals surface area contributed by atoms with Crippen LogP contribution in [0.4, 0.5) is 28.8 Å². The minimum absolute atomic E-state index is 0.0788. The number of nitrogen functional groups attached to an aromatic ring is 1. The summed E-state index contributed by atoms with van der Waals surface area (Å²) in [5, 5.41) is 46.2. The number of nitrogens with two attached hydrogens (primary N) is 2. The molecule has 0 saturated heterocycles. The minimum Gasteiger partial charge on any atom is -0.384 e. The highest BCUT2D eigenvalue weighted by Gasteiger charge is 2.51. The van der Waals surface area contributed by atoms with E-state index in [1.54, 1.807) is 59.5 Å². The summed E-state index contributed by atoms with van der Waals surface area (Å²) < 4.78 is 4.90. The van der Waals surface area contributed by atoms with Gasteiger partial charge in [-0.3, -0.25) is 56.9 Å². The Kier molecular flexibility index (Phi) is 24.8. The molecule has 18 heterocycles. The molecule has 0 radical (unpaired) electrons. The standard InChI is InChI=1S/2C19H12ClN5O2S2.C15H8BrClN2O2S2.C9H6OS2.C6H4BrClN2O2.C4H5N3/c2*20-13-7-14(23-15-1-4-21-10-22-15)18(27)25-16(13)17(26)24-19(25,11-2-5-28-8-11)12-3-6-29-9-12;16-10-5-11(17)12-13(20)18-15(19(12)14(10)21,8-1-3-22-6-8)9-2-4-23-7-9;10-9(7-1-3-11-5-7)8-2-4-12-6-8;7-2-1-3(8)4(5(9)11)10-6(2)12;5-4-1-2-6-3-7-4/h2*1-10H,(H,24,26)(H,21,22,23);1-7H,(H,18,20);1-6H;1H,(H2,9,11)(H,10,12);1-3H,(H2,5,6,7). The highest BCUT2D eigenvalue weighted by atomic mass is 79.9. The lowest BCUT2D eigenvalue weighted by Crippen LogP contribution is -2.49. The van der Waals surface area contributed by atoms with Gasteiger partial charge in [0.25, 0.3) is 45.9 Å². The van der Waals surface area contributed by atoms with Gasteiger partial charge >= 0.3 is 0 Å². The topological polar surface area (TPSA) is 374 Å². The van der Waals surface area contributed by atoms with E-state index in [1.807, 2.05) is 135 Å². The third kappa shape index (κ3) is 16.0. The second kappa shape index (κ2) is 34.8. The van der Waals surface area contributed by atoms with E-state index in [4.69, 9.17) is 57.9 Å². The lowest BCUT2D eigenvalue weighted by Gasteiger charge is -2.31. The molecule has 15 aromatic rings. The Bertz CT molecular complexity index is 5810. The number of thiophene rings is 8. The van der Waals surface area contributed by atoms with Crippen LogP contribution in [0.3, 0.4) is 0 Å². The number of anilines is 5. The summed E-state index contributed by atoms with van der Waals surface area (Å²) in [6.07, 6.45) is 8.89. The van der Waals surface area contributed by atoms with Gasteiger partial charge in [-0.15, -0.1) is 0 Å². The molecular formula is C72H47Br2Cl4N17O9S8. The summed E-state index contributed by atoms with van der Waals surface area (Å²) >= 11 is 43.0. The highest BCUT2D eigenvalue weighted by Crippen LogP contribution is 2.44. The van der Waals surface area contributed by atoms with Crippen molar-refractivity contribution in [2.75, 3.05) is 16.4 Å². The number of rotatable bonds is 13. The molecule has 18 rings (SSSR count). The maximum absolute atomic E-state index is 13.6. The van der Waals surface area contributed by atoms with Crippen molar-refractivity contribution in [2.45, 2.75) is 17.0 Å². The molecule has 40 heteroatoms. The van der Waals surface area contributed by atoms with Gasteiger partial charge in [0.2, 0.25) is 0 Å². The normalized spacial score (nSPS) is 13.3. The number of aromatic amines is 1. The largest absolute Gasteiger partial charge is 0.384 e. The molecule has 26 nitrogen and oxygen atoms in total. The van der Waals surface area contributed by atoms with Gasteiger partial charge in [0, 0.05) is 73.9 Å². The number of aromatic nitrogens is 10. The third-order valence-corrected chi connectivity index (χ3v) is 24.4. The molecule has 3 aliphatic rings. The van der Waals surface area contributed by atoms with Crippen LogP contribution in [0.5, 0.6) is 0 Å². The predicted molar refractivity (Wildman–Crippen MR) is 449 cm³/mol. The summed E-state index contributed by atoms with van der Waals surface area (Å²) in [5.74, 6) is -0.407. The molecule has 0 atom stereocenters. The van der Waals surface area contributed by atoms with E-state index in [1.165, 1.54) is 125 Å². The van der Waals surface area contributed by atoms with Crippen molar-refractivity contribution in [3.63, 3.8) is 0 Å². The van der Waals surface area contributed by atoms with Gasteiger partial charge in [-0.1, -0.05) is 46.4 Å². The fourth-order valence-electron chi connectivity index (χ4n) is 11.8. The van der Waals surface area contributed by atoms with Crippen molar-refractivity contribution in [3.05, 3.63) is 352 Å². The molecule has 3 aliphatic heterocycles. The molecule has 0 saturated carbocycles. The van der Waals surface area contributed by atoms with Crippen LogP contribution < -0.4 is 60.3 Å². The second-order valence-corrected chi connectivity index (χ2v) is 32.7. The van der Waals surface area contributed by atoms with Crippen molar-refractivity contribution < 1.29 is 24.0 Å². The average molecular weight is 1850 g/mol. The smallest absolute Gasteiger partial charge is 0.277 e. The van der Waals surface area contributed by atoms with E-state index in [0.29, 0.717) is 21.9 Å². The monoisotopic (exact) mass is 1850 g/mol. The van der Waals surface area contributed by atoms with Crippen molar-refractivity contribution in [1.29, 1.82) is 0 Å². The number of amides is 4. The number of nitrogens with one attached hydrogen (secondary N) is 6. The molecule has 10 N–H and O–H groups in total. The highest BCUT2D eigenvalue weighted by molar-refractivity contribution is 9.10. The van der Waals surface area contributed by atoms with Crippen molar-refractivity contribution in [3.8, 4) is 0 Å². The number of carbonyl (C=O) groups is 5. The molecule has 0 fully saturated rings. The van der Waals surface area contributed by atoms with Gasteiger partial charge in [0.1, 0.15) is 70.6 Å². The predicted octanol–water partition coefficient (Wildman–Crippen LogP) is 15.2. The van der Waals surface area contributed by atoms with Gasteiger partial charge in [-0.25, -0.2) is 29.9 Å². The van der Waals surface area contributed by atoms with Crippen LogP contribution in [0.15, 0.2) is 243 Å². The van der Waals surface area contributed by atoms with Crippen LogP contribution >= 0.6 is 169 Å². The SMILES string of the molecule is NC(=O)c1[nH]c(=O)c(Br)cc1Cl.Nc1ccncn1.O=C(c1ccsc1)c1ccsc1.O=C1NC(c2ccsc2)(c2ccsc2)n2c1c(Cl)cc(Br)c2=O.O=C1NC(c2ccsc2)(c2ccsc2)n2c1c(Cl)cc(Nc1ccncn1)c2=O.O=C1NC(c2ccsc2)(c2ccsc2)n2c1c(Cl)cc(Nc1ccncn1)c2=O. The van der Waals surface area contributed by atoms with E-state index in [-0.39, 0.29) is 76.0 Å². The Hall–Kier alpha value is -10.3. The van der Waals surface area contributed by atoms with Crippen LogP contribution in [0.25, 0.3) is 0 Å². The van der Waals surface area contributed by atoms with Crippen LogP contribution in [-0.2, 0) is 17.0 Å². The summed E-state index contributed by atoms with van der Waals surface area (Å²) in [7, 11) is 0. The summed E-state index contributed by atoms with van der Waals surface area (Å²) in [5.41, 5.74) is 12.3. The van der Waals surface area contributed by atoms with Gasteiger partial charge in [-0.05, 0) is 198 Å². The first-order chi connectivity index (χ1) is 54.1. The first-order valence-corrected chi connectivity index (χ1v) is 42.4. The summed E-state index contributed by atoms with van der Waals surface area (Å²) in [4.78, 5) is 137. The van der Waals surface area contributed by atoms with Crippen LogP contribution in [0.1, 0.15) is 91.3 Å². The van der Waals surface area contributed by atoms with E-state index < -0.39 is 51.4 Å². The number of halogens is 6. The van der Waals surface area contributed by atoms with Gasteiger partial charge in [0.05, 0.1) is 29.0 Å². The molecule has 4 amide bonds. The van der Waals surface area contributed by atoms with Gasteiger partial charge in [-0.2, -0.15) is 90.7 Å². The molecule has 0 aromatic carbocycles. The van der Waals surface area contributed by atoms with Crippen LogP contribution in [0, 0.1) is 0 Å². The van der Waals surface area contributed by atoms with E-state index in [2.05, 4.69) is 93.3 Å². The molecule has 0 spiro atoms. The maximum atomic E-state index is 13.6. The number of hydrogen-bond donors (Lipinski definition) is 8. The van der Waals surface area contributed by atoms with E-state index in [0.717, 1.165) is 44.5 Å². The van der Waals surface area contributed by atoms with E-state index >= 15 is 0 Å². The number of pyridine rings is 4. The number of nitrogens with zero attached hydrogens (tertiary/aromatic N) is 9. The number of primary amides is 1. The minimum atomic E-state index is -1.17. The second-order valence-electron chi connectivity index (χ2n) is 23.1.